The summed E-state index contributed by atoms with van der Waals surface area (Å²) in [5.41, 5.74) is 4.57. The minimum Gasteiger partial charge on any atom is -0.376 e. The van der Waals surface area contributed by atoms with Crippen molar-refractivity contribution in [2.45, 2.75) is 26.9 Å². The van der Waals surface area contributed by atoms with Gasteiger partial charge in [0, 0.05) is 61.3 Å². The molecule has 7 heteroatoms. The molecule has 2 aromatic heterocycles. The molecule has 3 aliphatic rings. The molecule has 0 saturated carbocycles. The van der Waals surface area contributed by atoms with E-state index in [-0.39, 0.29) is 0 Å². The number of hydrogen-bond donors (Lipinski definition) is 0. The van der Waals surface area contributed by atoms with E-state index in [1.165, 1.54) is 11.1 Å². The maximum atomic E-state index is 5.57. The van der Waals surface area contributed by atoms with Gasteiger partial charge in [-0.15, -0.1) is 5.10 Å². The number of fused-ring (bicyclic) bond motifs is 2. The Bertz CT molecular complexity index is 827. The van der Waals surface area contributed by atoms with E-state index < -0.39 is 0 Å². The summed E-state index contributed by atoms with van der Waals surface area (Å²) >= 11 is 0. The smallest absolute Gasteiger partial charge is 0.151 e. The van der Waals surface area contributed by atoms with Crippen molar-refractivity contribution in [1.29, 1.82) is 0 Å². The first kappa shape index (κ1) is 15.9. The molecule has 0 radical (unpaired) electrons. The van der Waals surface area contributed by atoms with Gasteiger partial charge in [-0.3, -0.25) is 0 Å². The highest BCUT2D eigenvalue weighted by Gasteiger charge is 2.41. The van der Waals surface area contributed by atoms with E-state index in [1.807, 2.05) is 0 Å². The Kier molecular flexibility index (Phi) is 3.77. The molecule has 2 atom stereocenters. The summed E-state index contributed by atoms with van der Waals surface area (Å²) in [6.07, 6.45) is 2.56. The Hall–Kier alpha value is -2.28. The molecule has 0 spiro atoms. The summed E-state index contributed by atoms with van der Waals surface area (Å²) in [4.78, 5) is 13.7. The fraction of sp³-hybridized carbons (Fsp3) is 0.579. The second kappa shape index (κ2) is 6.16. The first-order chi connectivity index (χ1) is 12.7. The van der Waals surface area contributed by atoms with Gasteiger partial charge in [-0.2, -0.15) is 5.10 Å². The number of aromatic nitrogens is 4. The van der Waals surface area contributed by atoms with E-state index in [9.17, 15) is 0 Å². The number of aryl methyl sites for hydroxylation is 1. The van der Waals surface area contributed by atoms with Crippen LogP contribution in [0.1, 0.15) is 22.5 Å². The van der Waals surface area contributed by atoms with Gasteiger partial charge in [0.2, 0.25) is 0 Å². The van der Waals surface area contributed by atoms with Gasteiger partial charge < -0.3 is 14.5 Å². The van der Waals surface area contributed by atoms with Crippen LogP contribution in [0.15, 0.2) is 12.4 Å². The molecule has 0 amide bonds. The highest BCUT2D eigenvalue weighted by molar-refractivity contribution is 5.50. The van der Waals surface area contributed by atoms with Gasteiger partial charge in [-0.05, 0) is 19.9 Å². The maximum absolute atomic E-state index is 5.57. The summed E-state index contributed by atoms with van der Waals surface area (Å²) in [6.45, 7) is 9.79. The summed E-state index contributed by atoms with van der Waals surface area (Å²) in [7, 11) is 0. The van der Waals surface area contributed by atoms with Crippen molar-refractivity contribution in [3.8, 4) is 0 Å². The van der Waals surface area contributed by atoms with Gasteiger partial charge in [0.25, 0.3) is 0 Å². The van der Waals surface area contributed by atoms with Gasteiger partial charge in [0.15, 0.2) is 5.82 Å². The SMILES string of the molecule is Cc1ncnc(N2CC3CN(c4cc5c(nn4)CCOC5)CC3C2)c1C. The third kappa shape index (κ3) is 2.61. The molecule has 0 bridgehead atoms. The molecule has 0 N–H and O–H groups in total. The van der Waals surface area contributed by atoms with Gasteiger partial charge in [0.1, 0.15) is 12.1 Å². The Morgan fingerprint density at radius 2 is 1.77 bits per heavy atom. The first-order valence-corrected chi connectivity index (χ1v) is 9.40. The molecule has 3 aliphatic heterocycles. The fourth-order valence-electron chi connectivity index (χ4n) is 4.48. The highest BCUT2D eigenvalue weighted by Crippen LogP contribution is 2.36. The molecule has 5 heterocycles. The Balaban J connectivity index is 1.31. The van der Waals surface area contributed by atoms with E-state index >= 15 is 0 Å². The molecule has 2 fully saturated rings. The Morgan fingerprint density at radius 1 is 1.00 bits per heavy atom. The second-order valence-electron chi connectivity index (χ2n) is 7.71. The number of anilines is 2. The lowest BCUT2D eigenvalue weighted by molar-refractivity contribution is 0.109. The standard InChI is InChI=1S/C19H24N6O/c1-12-13(2)20-11-21-19(12)25-8-15-6-24(7-16(15)9-25)18-5-14-10-26-4-3-17(14)22-23-18/h5,11,15-16H,3-4,6-10H2,1-2H3. The van der Waals surface area contributed by atoms with E-state index in [1.54, 1.807) is 6.33 Å². The predicted molar refractivity (Wildman–Crippen MR) is 98.3 cm³/mol. The zero-order valence-electron chi connectivity index (χ0n) is 15.4. The predicted octanol–water partition coefficient (Wildman–Crippen LogP) is 1.53. The summed E-state index contributed by atoms with van der Waals surface area (Å²) in [5, 5.41) is 8.93. The molecule has 2 saturated heterocycles. The minimum absolute atomic E-state index is 0.652. The third-order valence-electron chi connectivity index (χ3n) is 6.11. The van der Waals surface area contributed by atoms with Crippen molar-refractivity contribution in [2.24, 2.45) is 11.8 Å². The van der Waals surface area contributed by atoms with E-state index in [2.05, 4.69) is 49.9 Å². The largest absolute Gasteiger partial charge is 0.376 e. The van der Waals surface area contributed by atoms with Crippen molar-refractivity contribution in [1.82, 2.24) is 20.2 Å². The van der Waals surface area contributed by atoms with Crippen LogP contribution in [-0.2, 0) is 17.8 Å². The summed E-state index contributed by atoms with van der Waals surface area (Å²) in [6, 6.07) is 2.18. The Labute approximate surface area is 153 Å². The number of rotatable bonds is 2. The van der Waals surface area contributed by atoms with Gasteiger partial charge in [-0.1, -0.05) is 0 Å². The molecular formula is C19H24N6O. The Morgan fingerprint density at radius 3 is 2.58 bits per heavy atom. The number of hydrogen-bond acceptors (Lipinski definition) is 7. The number of ether oxygens (including phenoxy) is 1. The zero-order valence-corrected chi connectivity index (χ0v) is 15.4. The van der Waals surface area contributed by atoms with Gasteiger partial charge in [0.05, 0.1) is 18.9 Å². The fourth-order valence-corrected chi connectivity index (χ4v) is 4.48. The van der Waals surface area contributed by atoms with Crippen molar-refractivity contribution in [3.63, 3.8) is 0 Å². The molecular weight excluding hydrogens is 328 g/mol. The average molecular weight is 352 g/mol. The first-order valence-electron chi connectivity index (χ1n) is 9.40. The molecule has 0 aliphatic carbocycles. The van der Waals surface area contributed by atoms with Crippen LogP contribution < -0.4 is 9.80 Å². The zero-order chi connectivity index (χ0) is 17.7. The monoisotopic (exact) mass is 352 g/mol. The summed E-state index contributed by atoms with van der Waals surface area (Å²) < 4.78 is 5.57. The third-order valence-corrected chi connectivity index (χ3v) is 6.11. The van der Waals surface area contributed by atoms with Crippen molar-refractivity contribution in [3.05, 3.63) is 34.9 Å². The average Bonchev–Trinajstić information content (AvgIpc) is 3.23. The van der Waals surface area contributed by atoms with E-state index in [4.69, 9.17) is 4.74 Å². The number of nitrogens with zero attached hydrogens (tertiary/aromatic N) is 6. The van der Waals surface area contributed by atoms with E-state index in [0.29, 0.717) is 18.4 Å². The molecule has 2 aromatic rings. The normalized spacial score (nSPS) is 24.7. The van der Waals surface area contributed by atoms with Crippen LogP contribution >= 0.6 is 0 Å². The highest BCUT2D eigenvalue weighted by atomic mass is 16.5. The topological polar surface area (TPSA) is 67.3 Å². The van der Waals surface area contributed by atoms with E-state index in [0.717, 1.165) is 62.2 Å². The van der Waals surface area contributed by atoms with Crippen molar-refractivity contribution >= 4 is 11.6 Å². The molecule has 5 rings (SSSR count). The molecule has 0 aromatic carbocycles. The minimum atomic E-state index is 0.652. The molecule has 2 unspecified atom stereocenters. The van der Waals surface area contributed by atoms with Crippen LogP contribution in [0.4, 0.5) is 11.6 Å². The van der Waals surface area contributed by atoms with Crippen LogP contribution in [0.5, 0.6) is 0 Å². The van der Waals surface area contributed by atoms with Crippen LogP contribution in [0, 0.1) is 25.7 Å². The maximum Gasteiger partial charge on any atom is 0.151 e. The lowest BCUT2D eigenvalue weighted by Crippen LogP contribution is -2.30. The van der Waals surface area contributed by atoms with Crippen molar-refractivity contribution < 1.29 is 4.74 Å². The lowest BCUT2D eigenvalue weighted by Gasteiger charge is -2.25. The second-order valence-corrected chi connectivity index (χ2v) is 7.71. The van der Waals surface area contributed by atoms with Crippen LogP contribution in [0.25, 0.3) is 0 Å². The quantitative estimate of drug-likeness (QED) is 0.812. The van der Waals surface area contributed by atoms with Crippen LogP contribution in [-0.4, -0.2) is 53.0 Å². The summed E-state index contributed by atoms with van der Waals surface area (Å²) in [5.74, 6) is 3.41. The lowest BCUT2D eigenvalue weighted by atomic mass is 10.0. The van der Waals surface area contributed by atoms with Gasteiger partial charge >= 0.3 is 0 Å². The molecule has 136 valence electrons. The van der Waals surface area contributed by atoms with Crippen molar-refractivity contribution in [2.75, 3.05) is 42.6 Å². The molecule has 7 nitrogen and oxygen atoms in total. The van der Waals surface area contributed by atoms with Crippen LogP contribution in [0.2, 0.25) is 0 Å². The van der Waals surface area contributed by atoms with Crippen LogP contribution in [0.3, 0.4) is 0 Å². The van der Waals surface area contributed by atoms with Gasteiger partial charge in [-0.25, -0.2) is 9.97 Å². The molecule has 26 heavy (non-hydrogen) atoms.